The van der Waals surface area contributed by atoms with Crippen LogP contribution in [0.3, 0.4) is 0 Å². The molecule has 0 saturated heterocycles. The van der Waals surface area contributed by atoms with Crippen molar-refractivity contribution in [1.82, 2.24) is 5.32 Å². The fraction of sp³-hybridized carbons (Fsp3) is 0.692. The number of thiophene rings is 1. The molecule has 1 fully saturated rings. The summed E-state index contributed by atoms with van der Waals surface area (Å²) >= 11 is 1.88. The Kier molecular flexibility index (Phi) is 4.00. The van der Waals surface area contributed by atoms with Gasteiger partial charge >= 0.3 is 0 Å². The number of hydrogen-bond donors (Lipinski definition) is 1. The summed E-state index contributed by atoms with van der Waals surface area (Å²) in [7, 11) is 1.82. The second-order valence-electron chi connectivity index (χ2n) is 4.65. The van der Waals surface area contributed by atoms with Gasteiger partial charge in [-0.3, -0.25) is 0 Å². The van der Waals surface area contributed by atoms with E-state index < -0.39 is 0 Å². The summed E-state index contributed by atoms with van der Waals surface area (Å²) in [6, 6.07) is 5.40. The molecule has 1 N–H and O–H groups in total. The lowest BCUT2D eigenvalue weighted by Gasteiger charge is -2.23. The molecule has 90 valence electrons. The first-order valence-electron chi connectivity index (χ1n) is 6.06. The van der Waals surface area contributed by atoms with E-state index in [0.29, 0.717) is 18.2 Å². The van der Waals surface area contributed by atoms with Crippen molar-refractivity contribution in [2.75, 3.05) is 7.11 Å². The summed E-state index contributed by atoms with van der Waals surface area (Å²) in [5.74, 6) is 0. The quantitative estimate of drug-likeness (QED) is 0.870. The van der Waals surface area contributed by atoms with E-state index in [9.17, 15) is 0 Å². The molecule has 0 aromatic carbocycles. The van der Waals surface area contributed by atoms with E-state index >= 15 is 0 Å². The number of ether oxygens (including phenoxy) is 1. The summed E-state index contributed by atoms with van der Waals surface area (Å²) in [6.07, 6.45) is 4.13. The molecular formula is C13H21NOS. The summed E-state index contributed by atoms with van der Waals surface area (Å²) in [5, 5.41) is 3.69. The molecule has 1 aliphatic rings. The Morgan fingerprint density at radius 3 is 2.88 bits per heavy atom. The molecule has 0 bridgehead atoms. The van der Waals surface area contributed by atoms with Crippen LogP contribution in [0.15, 0.2) is 12.1 Å². The third kappa shape index (κ3) is 2.65. The summed E-state index contributed by atoms with van der Waals surface area (Å²) in [4.78, 5) is 2.82. The largest absolute Gasteiger partial charge is 0.380 e. The van der Waals surface area contributed by atoms with Crippen LogP contribution in [0.1, 0.15) is 42.0 Å². The van der Waals surface area contributed by atoms with Crippen LogP contribution in [-0.4, -0.2) is 19.3 Å². The van der Waals surface area contributed by atoms with Gasteiger partial charge in [0.2, 0.25) is 0 Å². The number of methoxy groups -OCH3 is 1. The van der Waals surface area contributed by atoms with Crippen molar-refractivity contribution in [2.45, 2.75) is 51.3 Å². The first kappa shape index (κ1) is 12.1. The normalized spacial score (nSPS) is 27.2. The highest BCUT2D eigenvalue weighted by Gasteiger charge is 2.28. The van der Waals surface area contributed by atoms with E-state index in [1.54, 1.807) is 0 Å². The first-order valence-corrected chi connectivity index (χ1v) is 6.87. The monoisotopic (exact) mass is 239 g/mol. The van der Waals surface area contributed by atoms with Gasteiger partial charge in [0.1, 0.15) is 0 Å². The van der Waals surface area contributed by atoms with E-state index in [0.717, 1.165) is 0 Å². The highest BCUT2D eigenvalue weighted by molar-refractivity contribution is 7.12. The zero-order valence-electron chi connectivity index (χ0n) is 10.3. The molecule has 0 aliphatic heterocycles. The van der Waals surface area contributed by atoms with Crippen molar-refractivity contribution >= 4 is 11.3 Å². The predicted octanol–water partition coefficient (Wildman–Crippen LogP) is 3.27. The van der Waals surface area contributed by atoms with Gasteiger partial charge in [-0.05, 0) is 45.2 Å². The van der Waals surface area contributed by atoms with Crippen LogP contribution in [-0.2, 0) is 4.74 Å². The molecule has 16 heavy (non-hydrogen) atoms. The van der Waals surface area contributed by atoms with Crippen molar-refractivity contribution < 1.29 is 4.74 Å². The lowest BCUT2D eigenvalue weighted by atomic mass is 10.1. The summed E-state index contributed by atoms with van der Waals surface area (Å²) in [5.41, 5.74) is 0. The maximum atomic E-state index is 5.51. The molecule has 1 saturated carbocycles. The Morgan fingerprint density at radius 2 is 2.25 bits per heavy atom. The first-order chi connectivity index (χ1) is 7.70. The minimum atomic E-state index is 0.406. The molecule has 2 nitrogen and oxygen atoms in total. The molecule has 2 rings (SSSR count). The second-order valence-corrected chi connectivity index (χ2v) is 5.97. The van der Waals surface area contributed by atoms with E-state index in [1.165, 1.54) is 29.0 Å². The molecule has 3 atom stereocenters. The second kappa shape index (κ2) is 5.30. The third-order valence-corrected chi connectivity index (χ3v) is 4.59. The molecule has 0 amide bonds. The minimum absolute atomic E-state index is 0.406. The zero-order chi connectivity index (χ0) is 11.5. The zero-order valence-corrected chi connectivity index (χ0v) is 11.1. The van der Waals surface area contributed by atoms with Crippen molar-refractivity contribution in [3.8, 4) is 0 Å². The molecule has 1 aromatic rings. The standard InChI is InChI=1S/C13H21NOS/c1-9-7-8-13(16-9)10(2)14-11-5-4-6-12(11)15-3/h7-8,10-12,14H,4-6H2,1-3H3. The molecule has 1 heterocycles. The molecule has 1 aliphatic carbocycles. The molecule has 1 aromatic heterocycles. The van der Waals surface area contributed by atoms with Crippen molar-refractivity contribution in [2.24, 2.45) is 0 Å². The molecule has 0 spiro atoms. The minimum Gasteiger partial charge on any atom is -0.380 e. The molecular weight excluding hydrogens is 218 g/mol. The van der Waals surface area contributed by atoms with Crippen LogP contribution in [0.25, 0.3) is 0 Å². The molecule has 0 radical (unpaired) electrons. The number of aryl methyl sites for hydroxylation is 1. The Balaban J connectivity index is 1.94. The van der Waals surface area contributed by atoms with Gasteiger partial charge in [-0.15, -0.1) is 11.3 Å². The van der Waals surface area contributed by atoms with Crippen LogP contribution in [0, 0.1) is 6.92 Å². The van der Waals surface area contributed by atoms with Gasteiger partial charge in [-0.1, -0.05) is 0 Å². The smallest absolute Gasteiger partial charge is 0.0724 e. The van der Waals surface area contributed by atoms with Crippen molar-refractivity contribution in [3.63, 3.8) is 0 Å². The van der Waals surface area contributed by atoms with Gasteiger partial charge < -0.3 is 10.1 Å². The number of nitrogens with one attached hydrogen (secondary N) is 1. The molecule has 3 heteroatoms. The van der Waals surface area contributed by atoms with Crippen LogP contribution in [0.4, 0.5) is 0 Å². The van der Waals surface area contributed by atoms with Crippen molar-refractivity contribution in [3.05, 3.63) is 21.9 Å². The Labute approximate surface area is 102 Å². The van der Waals surface area contributed by atoms with Gasteiger partial charge in [-0.25, -0.2) is 0 Å². The summed E-state index contributed by atoms with van der Waals surface area (Å²) in [6.45, 7) is 4.41. The fourth-order valence-electron chi connectivity index (χ4n) is 2.49. The molecule has 3 unspecified atom stereocenters. The Morgan fingerprint density at radius 1 is 1.44 bits per heavy atom. The lowest BCUT2D eigenvalue weighted by molar-refractivity contribution is 0.0821. The van der Waals surface area contributed by atoms with Gasteiger partial charge in [0.25, 0.3) is 0 Å². The average molecular weight is 239 g/mol. The highest BCUT2D eigenvalue weighted by atomic mass is 32.1. The summed E-state index contributed by atoms with van der Waals surface area (Å²) < 4.78 is 5.51. The predicted molar refractivity (Wildman–Crippen MR) is 69.0 cm³/mol. The fourth-order valence-corrected chi connectivity index (χ4v) is 3.38. The number of hydrogen-bond acceptors (Lipinski definition) is 3. The van der Waals surface area contributed by atoms with E-state index in [1.807, 2.05) is 18.4 Å². The Bertz CT molecular complexity index is 336. The highest BCUT2D eigenvalue weighted by Crippen LogP contribution is 2.27. The maximum absolute atomic E-state index is 5.51. The van der Waals surface area contributed by atoms with Crippen LogP contribution < -0.4 is 5.32 Å². The van der Waals surface area contributed by atoms with E-state index in [-0.39, 0.29) is 0 Å². The van der Waals surface area contributed by atoms with Gasteiger partial charge in [-0.2, -0.15) is 0 Å². The maximum Gasteiger partial charge on any atom is 0.0724 e. The SMILES string of the molecule is COC1CCCC1NC(C)c1ccc(C)s1. The van der Waals surface area contributed by atoms with Gasteiger partial charge in [0, 0.05) is 28.9 Å². The van der Waals surface area contributed by atoms with Crippen LogP contribution >= 0.6 is 11.3 Å². The van der Waals surface area contributed by atoms with Gasteiger partial charge in [0.15, 0.2) is 0 Å². The number of rotatable bonds is 4. The average Bonchev–Trinajstić information content (AvgIpc) is 2.86. The van der Waals surface area contributed by atoms with Crippen molar-refractivity contribution in [1.29, 1.82) is 0 Å². The van der Waals surface area contributed by atoms with E-state index in [4.69, 9.17) is 4.74 Å². The Hall–Kier alpha value is -0.380. The third-order valence-electron chi connectivity index (χ3n) is 3.41. The van der Waals surface area contributed by atoms with Crippen LogP contribution in [0.5, 0.6) is 0 Å². The van der Waals surface area contributed by atoms with Crippen LogP contribution in [0.2, 0.25) is 0 Å². The topological polar surface area (TPSA) is 21.3 Å². The van der Waals surface area contributed by atoms with Gasteiger partial charge in [0.05, 0.1) is 6.10 Å². The lowest BCUT2D eigenvalue weighted by Crippen LogP contribution is -2.38. The van der Waals surface area contributed by atoms with E-state index in [2.05, 4.69) is 31.3 Å².